The van der Waals surface area contributed by atoms with Gasteiger partial charge in [-0.3, -0.25) is 4.79 Å². The number of nitrogens with zero attached hydrogens (tertiary/aromatic N) is 3. The summed E-state index contributed by atoms with van der Waals surface area (Å²) in [7, 11) is 4.16. The molecule has 0 saturated carbocycles. The number of carbonyl (C=O) groups excluding carboxylic acids is 1. The van der Waals surface area contributed by atoms with Gasteiger partial charge in [0.15, 0.2) is 5.78 Å². The Hall–Kier alpha value is -1.44. The van der Waals surface area contributed by atoms with Crippen LogP contribution < -0.4 is 0 Å². The highest BCUT2D eigenvalue weighted by Gasteiger charge is 2.33. The van der Waals surface area contributed by atoms with Gasteiger partial charge in [-0.15, -0.1) is 10.2 Å². The maximum absolute atomic E-state index is 11.8. The van der Waals surface area contributed by atoms with Gasteiger partial charge in [0.25, 0.3) is 5.97 Å². The molecular formula is C9H13N3O4. The van der Waals surface area contributed by atoms with Crippen molar-refractivity contribution in [3.63, 3.8) is 0 Å². The number of ether oxygens (including phenoxy) is 3. The third-order valence-corrected chi connectivity index (χ3v) is 2.10. The monoisotopic (exact) mass is 227 g/mol. The Morgan fingerprint density at radius 3 is 2.38 bits per heavy atom. The van der Waals surface area contributed by atoms with E-state index in [4.69, 9.17) is 14.2 Å². The van der Waals surface area contributed by atoms with E-state index in [1.807, 2.05) is 0 Å². The lowest BCUT2D eigenvalue weighted by Crippen LogP contribution is -2.38. The Labute approximate surface area is 92.7 Å². The fourth-order valence-corrected chi connectivity index (χ4v) is 1.14. The van der Waals surface area contributed by atoms with E-state index in [-0.39, 0.29) is 17.9 Å². The summed E-state index contributed by atoms with van der Waals surface area (Å²) in [5.74, 6) is -1.69. The highest BCUT2D eigenvalue weighted by atomic mass is 16.9. The van der Waals surface area contributed by atoms with Crippen LogP contribution in [0.15, 0.2) is 12.3 Å². The van der Waals surface area contributed by atoms with Crippen LogP contribution in [0, 0.1) is 0 Å². The van der Waals surface area contributed by atoms with Gasteiger partial charge in [0, 0.05) is 21.3 Å². The molecule has 0 aliphatic heterocycles. The maximum Gasteiger partial charge on any atom is 0.289 e. The zero-order chi connectivity index (χ0) is 12.0. The minimum absolute atomic E-state index is 0.116. The molecule has 0 aliphatic rings. The number of rotatable bonds is 6. The van der Waals surface area contributed by atoms with E-state index in [1.54, 1.807) is 0 Å². The van der Waals surface area contributed by atoms with Crippen LogP contribution in [0.3, 0.4) is 0 Å². The molecule has 0 fully saturated rings. The van der Waals surface area contributed by atoms with E-state index in [0.717, 1.165) is 0 Å². The van der Waals surface area contributed by atoms with Crippen LogP contribution in [0.4, 0.5) is 0 Å². The second-order valence-corrected chi connectivity index (χ2v) is 2.90. The topological polar surface area (TPSA) is 83.4 Å². The minimum atomic E-state index is -1.39. The van der Waals surface area contributed by atoms with Crippen LogP contribution in [-0.4, -0.2) is 48.5 Å². The molecule has 0 radical (unpaired) electrons. The van der Waals surface area contributed by atoms with Crippen LogP contribution in [0.1, 0.15) is 16.9 Å². The van der Waals surface area contributed by atoms with Crippen molar-refractivity contribution >= 4 is 5.78 Å². The molecule has 0 saturated heterocycles. The molecule has 0 bridgehead atoms. The molecule has 0 aromatic carbocycles. The summed E-state index contributed by atoms with van der Waals surface area (Å²) in [4.78, 5) is 11.8. The maximum atomic E-state index is 11.8. The van der Waals surface area contributed by atoms with Crippen molar-refractivity contribution in [2.24, 2.45) is 0 Å². The molecule has 16 heavy (non-hydrogen) atoms. The minimum Gasteiger partial charge on any atom is -0.330 e. The zero-order valence-electron chi connectivity index (χ0n) is 9.34. The summed E-state index contributed by atoms with van der Waals surface area (Å²) >= 11 is 0. The Bertz CT molecular complexity index is 332. The fraction of sp³-hybridized carbons (Fsp3) is 0.556. The van der Waals surface area contributed by atoms with Crippen molar-refractivity contribution < 1.29 is 19.0 Å². The van der Waals surface area contributed by atoms with Gasteiger partial charge in [-0.05, 0) is 11.3 Å². The molecule has 7 heteroatoms. The molecule has 0 N–H and O–H groups in total. The SMILES string of the molecule is COC(CC(=O)c1ccnnn1)(OC)OC. The van der Waals surface area contributed by atoms with E-state index in [1.165, 1.54) is 33.6 Å². The van der Waals surface area contributed by atoms with Gasteiger partial charge in [-0.2, -0.15) is 0 Å². The average molecular weight is 227 g/mol. The van der Waals surface area contributed by atoms with Gasteiger partial charge in [0.05, 0.1) is 12.6 Å². The zero-order valence-corrected chi connectivity index (χ0v) is 9.34. The van der Waals surface area contributed by atoms with Crippen molar-refractivity contribution in [1.29, 1.82) is 0 Å². The van der Waals surface area contributed by atoms with Crippen molar-refractivity contribution in [1.82, 2.24) is 15.4 Å². The normalized spacial score (nSPS) is 11.4. The first kappa shape index (κ1) is 12.6. The number of aromatic nitrogens is 3. The molecule has 1 aromatic rings. The molecule has 88 valence electrons. The smallest absolute Gasteiger partial charge is 0.289 e. The second-order valence-electron chi connectivity index (χ2n) is 2.90. The third kappa shape index (κ3) is 2.78. The third-order valence-electron chi connectivity index (χ3n) is 2.10. The average Bonchev–Trinajstić information content (AvgIpc) is 2.37. The van der Waals surface area contributed by atoms with E-state index in [9.17, 15) is 4.79 Å². The van der Waals surface area contributed by atoms with E-state index >= 15 is 0 Å². The summed E-state index contributed by atoms with van der Waals surface area (Å²) in [6, 6.07) is 1.46. The van der Waals surface area contributed by atoms with Gasteiger partial charge in [0.1, 0.15) is 5.69 Å². The Morgan fingerprint density at radius 2 is 1.94 bits per heavy atom. The van der Waals surface area contributed by atoms with Gasteiger partial charge < -0.3 is 14.2 Å². The molecule has 0 amide bonds. The largest absolute Gasteiger partial charge is 0.330 e. The van der Waals surface area contributed by atoms with E-state index in [0.29, 0.717) is 0 Å². The van der Waals surface area contributed by atoms with Gasteiger partial charge in [-0.25, -0.2) is 0 Å². The highest BCUT2D eigenvalue weighted by Crippen LogP contribution is 2.19. The van der Waals surface area contributed by atoms with Crippen molar-refractivity contribution in [2.45, 2.75) is 12.4 Å². The molecule has 0 unspecified atom stereocenters. The second kappa shape index (κ2) is 5.59. The Morgan fingerprint density at radius 1 is 1.31 bits per heavy atom. The number of hydrogen-bond acceptors (Lipinski definition) is 7. The van der Waals surface area contributed by atoms with Crippen molar-refractivity contribution in [3.8, 4) is 0 Å². The Kier molecular flexibility index (Phi) is 4.41. The lowest BCUT2D eigenvalue weighted by Gasteiger charge is -2.27. The Balaban J connectivity index is 2.77. The summed E-state index contributed by atoms with van der Waals surface area (Å²) in [5.41, 5.74) is 0.186. The first-order valence-electron chi connectivity index (χ1n) is 4.50. The predicted molar refractivity (Wildman–Crippen MR) is 52.5 cm³/mol. The molecule has 1 heterocycles. The van der Waals surface area contributed by atoms with Gasteiger partial charge >= 0.3 is 0 Å². The summed E-state index contributed by atoms with van der Waals surface area (Å²) in [5, 5.41) is 10.4. The summed E-state index contributed by atoms with van der Waals surface area (Å²) in [6.45, 7) is 0. The fourth-order valence-electron chi connectivity index (χ4n) is 1.14. The first-order chi connectivity index (χ1) is 7.67. The van der Waals surface area contributed by atoms with Crippen LogP contribution in [-0.2, 0) is 14.2 Å². The molecule has 0 aliphatic carbocycles. The number of Topliss-reactive ketones (excluding diaryl/α,β-unsaturated/α-hetero) is 1. The van der Waals surface area contributed by atoms with Crippen LogP contribution >= 0.6 is 0 Å². The number of carbonyl (C=O) groups is 1. The number of hydrogen-bond donors (Lipinski definition) is 0. The van der Waals surface area contributed by atoms with Crippen molar-refractivity contribution in [3.05, 3.63) is 18.0 Å². The summed E-state index contributed by atoms with van der Waals surface area (Å²) < 4.78 is 15.0. The summed E-state index contributed by atoms with van der Waals surface area (Å²) in [6.07, 6.45) is 1.27. The van der Waals surface area contributed by atoms with Crippen molar-refractivity contribution in [2.75, 3.05) is 21.3 Å². The molecule has 0 atom stereocenters. The highest BCUT2D eigenvalue weighted by molar-refractivity contribution is 5.94. The number of methoxy groups -OCH3 is 3. The van der Waals surface area contributed by atoms with Gasteiger partial charge in [-0.1, -0.05) is 0 Å². The lowest BCUT2D eigenvalue weighted by molar-refractivity contribution is -0.348. The molecule has 1 aromatic heterocycles. The van der Waals surface area contributed by atoms with Crippen LogP contribution in [0.25, 0.3) is 0 Å². The van der Waals surface area contributed by atoms with Crippen LogP contribution in [0.2, 0.25) is 0 Å². The lowest BCUT2D eigenvalue weighted by atomic mass is 10.2. The number of ketones is 1. The van der Waals surface area contributed by atoms with Gasteiger partial charge in [0.2, 0.25) is 0 Å². The standard InChI is InChI=1S/C9H13N3O4/c1-14-9(15-2,16-3)6-8(13)7-4-5-10-12-11-7/h4-5H,6H2,1-3H3. The van der Waals surface area contributed by atoms with Crippen LogP contribution in [0.5, 0.6) is 0 Å². The quantitative estimate of drug-likeness (QED) is 0.501. The molecule has 0 spiro atoms. The molecule has 7 nitrogen and oxygen atoms in total. The molecule has 1 rings (SSSR count). The predicted octanol–water partition coefficient (Wildman–Crippen LogP) is 0.0374. The van der Waals surface area contributed by atoms with E-state index in [2.05, 4.69) is 15.4 Å². The van der Waals surface area contributed by atoms with E-state index < -0.39 is 5.97 Å². The first-order valence-corrected chi connectivity index (χ1v) is 4.50. The molecular weight excluding hydrogens is 214 g/mol.